The molecule has 1 heterocycles. The Morgan fingerprint density at radius 2 is 2.12 bits per heavy atom. The van der Waals surface area contributed by atoms with Gasteiger partial charge >= 0.3 is 0 Å². The first-order valence-corrected chi connectivity index (χ1v) is 4.73. The Kier molecular flexibility index (Phi) is 2.51. The average Bonchev–Trinajstić information content (AvgIpc) is 2.32. The lowest BCUT2D eigenvalue weighted by molar-refractivity contribution is -0.103. The zero-order chi connectivity index (χ0) is 11.5. The Balaban J connectivity index is 2.68. The van der Waals surface area contributed by atoms with Crippen LogP contribution in [0.25, 0.3) is 16.5 Å². The number of nitrogens with two attached hydrogens (primary N) is 3. The summed E-state index contributed by atoms with van der Waals surface area (Å²) < 4.78 is 0. The van der Waals surface area contributed by atoms with Crippen LogP contribution in [0, 0.1) is 0 Å². The molecule has 5 nitrogen and oxygen atoms in total. The van der Waals surface area contributed by atoms with E-state index in [0.29, 0.717) is 5.82 Å². The van der Waals surface area contributed by atoms with E-state index >= 15 is 0 Å². The van der Waals surface area contributed by atoms with Crippen molar-refractivity contribution in [3.05, 3.63) is 36.3 Å². The summed E-state index contributed by atoms with van der Waals surface area (Å²) in [6.07, 6.45) is 4.33. The van der Waals surface area contributed by atoms with Gasteiger partial charge in [-0.05, 0) is 17.7 Å². The molecule has 0 atom stereocenters. The Morgan fingerprint density at radius 1 is 1.31 bits per heavy atom. The van der Waals surface area contributed by atoms with Gasteiger partial charge in [-0.2, -0.15) is 0 Å². The van der Waals surface area contributed by atoms with Crippen molar-refractivity contribution >= 4 is 28.5 Å². The number of nitrogen functional groups attached to an aromatic ring is 1. The number of hydrogen-bond donors (Lipinski definition) is 3. The number of hydrogen-bond acceptors (Lipinski definition) is 4. The van der Waals surface area contributed by atoms with Gasteiger partial charge in [-0.1, -0.05) is 6.07 Å². The van der Waals surface area contributed by atoms with Crippen LogP contribution in [0.5, 0.6) is 0 Å². The van der Waals surface area contributed by atoms with Gasteiger partial charge in [-0.3, -0.25) is 5.41 Å². The number of anilines is 1. The predicted molar refractivity (Wildman–Crippen MR) is 64.1 cm³/mol. The second-order valence-electron chi connectivity index (χ2n) is 3.28. The standard InChI is InChI=1S/C11H11N5/c12-4-8(5-13)7-1-2-10-9(3-7)11(14)16-6-15-10/h1-6,12H,13H2,(H2,14,15,16)/p+1. The minimum absolute atomic E-state index is 0.445. The van der Waals surface area contributed by atoms with Crippen LogP contribution in [0.1, 0.15) is 5.56 Å². The summed E-state index contributed by atoms with van der Waals surface area (Å²) in [5.41, 5.74) is 13.7. The van der Waals surface area contributed by atoms with Gasteiger partial charge in [0.15, 0.2) is 6.21 Å². The molecule has 0 unspecified atom stereocenters. The Labute approximate surface area is 92.3 Å². The fraction of sp³-hybridized carbons (Fsp3) is 0. The highest BCUT2D eigenvalue weighted by Gasteiger charge is 2.05. The van der Waals surface area contributed by atoms with Crippen LogP contribution in [0.4, 0.5) is 5.82 Å². The fourth-order valence-electron chi connectivity index (χ4n) is 1.50. The third kappa shape index (κ3) is 1.58. The molecule has 0 spiro atoms. The molecule has 0 radical (unpaired) electrons. The molecule has 1 aromatic heterocycles. The van der Waals surface area contributed by atoms with E-state index in [1.807, 2.05) is 18.2 Å². The topological polar surface area (TPSA) is 103 Å². The van der Waals surface area contributed by atoms with Crippen molar-refractivity contribution < 1.29 is 5.41 Å². The smallest absolute Gasteiger partial charge is 0.169 e. The zero-order valence-corrected chi connectivity index (χ0v) is 8.59. The van der Waals surface area contributed by atoms with Gasteiger partial charge in [0.2, 0.25) is 0 Å². The first-order valence-electron chi connectivity index (χ1n) is 4.73. The summed E-state index contributed by atoms with van der Waals surface area (Å²) >= 11 is 0. The average molecular weight is 214 g/mol. The summed E-state index contributed by atoms with van der Waals surface area (Å²) in [5, 5.41) is 6.25. The second kappa shape index (κ2) is 3.98. The van der Waals surface area contributed by atoms with Gasteiger partial charge < -0.3 is 11.5 Å². The van der Waals surface area contributed by atoms with Gasteiger partial charge in [0.05, 0.1) is 11.1 Å². The number of rotatable bonds is 2. The van der Waals surface area contributed by atoms with Crippen molar-refractivity contribution in [1.82, 2.24) is 9.97 Å². The minimum atomic E-state index is 0.445. The van der Waals surface area contributed by atoms with E-state index in [0.717, 1.165) is 22.0 Å². The van der Waals surface area contributed by atoms with E-state index < -0.39 is 0 Å². The first kappa shape index (κ1) is 10.1. The Morgan fingerprint density at radius 3 is 2.81 bits per heavy atom. The lowest BCUT2D eigenvalue weighted by atomic mass is 10.1. The quantitative estimate of drug-likeness (QED) is 0.577. The molecule has 0 amide bonds. The van der Waals surface area contributed by atoms with Gasteiger partial charge in [-0.15, -0.1) is 0 Å². The molecular weight excluding hydrogens is 202 g/mol. The number of aromatic nitrogens is 2. The molecule has 0 aliphatic rings. The summed E-state index contributed by atoms with van der Waals surface area (Å²) in [5.74, 6) is 0.445. The molecule has 0 bridgehead atoms. The van der Waals surface area contributed by atoms with Crippen LogP contribution < -0.4 is 16.9 Å². The van der Waals surface area contributed by atoms with Crippen molar-refractivity contribution in [2.45, 2.75) is 0 Å². The first-order chi connectivity index (χ1) is 7.76. The van der Waals surface area contributed by atoms with Crippen molar-refractivity contribution in [3.63, 3.8) is 0 Å². The van der Waals surface area contributed by atoms with Gasteiger partial charge in [-0.25, -0.2) is 9.97 Å². The molecule has 1 aromatic carbocycles. The maximum Gasteiger partial charge on any atom is 0.169 e. The van der Waals surface area contributed by atoms with Crippen molar-refractivity contribution in [3.8, 4) is 0 Å². The SMILES string of the molecule is NC=C(C=[NH2+])c1ccc2ncnc(N)c2c1. The maximum atomic E-state index is 5.76. The summed E-state index contributed by atoms with van der Waals surface area (Å²) in [6, 6.07) is 5.61. The Hall–Kier alpha value is -2.43. The highest BCUT2D eigenvalue weighted by molar-refractivity contribution is 6.08. The molecule has 6 N–H and O–H groups in total. The minimum Gasteiger partial charge on any atom is -0.404 e. The fourth-order valence-corrected chi connectivity index (χ4v) is 1.50. The number of allylic oxidation sites excluding steroid dienone is 1. The Bertz CT molecular complexity index is 574. The van der Waals surface area contributed by atoms with E-state index in [2.05, 4.69) is 9.97 Å². The molecule has 16 heavy (non-hydrogen) atoms. The lowest BCUT2D eigenvalue weighted by Crippen LogP contribution is -2.30. The highest BCUT2D eigenvalue weighted by Crippen LogP contribution is 2.21. The molecule has 5 heteroatoms. The third-order valence-electron chi connectivity index (χ3n) is 2.36. The van der Waals surface area contributed by atoms with Crippen molar-refractivity contribution in [2.75, 3.05) is 5.73 Å². The summed E-state index contributed by atoms with van der Waals surface area (Å²) in [4.78, 5) is 8.04. The molecule has 0 aliphatic heterocycles. The largest absolute Gasteiger partial charge is 0.404 e. The van der Waals surface area contributed by atoms with Gasteiger partial charge in [0.25, 0.3) is 0 Å². The van der Waals surface area contributed by atoms with Crippen LogP contribution in [-0.2, 0) is 0 Å². The highest BCUT2D eigenvalue weighted by atomic mass is 14.9. The van der Waals surface area contributed by atoms with Crippen LogP contribution in [0.2, 0.25) is 0 Å². The van der Waals surface area contributed by atoms with E-state index in [9.17, 15) is 0 Å². The van der Waals surface area contributed by atoms with Gasteiger partial charge in [0, 0.05) is 11.6 Å². The van der Waals surface area contributed by atoms with Crippen LogP contribution in [0.15, 0.2) is 30.7 Å². The molecule has 0 saturated heterocycles. The normalized spacial score (nSPS) is 11.6. The number of benzene rings is 1. The predicted octanol–water partition coefficient (Wildman–Crippen LogP) is -0.658. The molecule has 2 rings (SSSR count). The number of fused-ring (bicyclic) bond motifs is 1. The number of nitrogens with zero attached hydrogens (tertiary/aromatic N) is 2. The summed E-state index contributed by atoms with van der Waals surface area (Å²) in [7, 11) is 0. The molecule has 0 fully saturated rings. The molecule has 0 aliphatic carbocycles. The zero-order valence-electron chi connectivity index (χ0n) is 8.59. The lowest BCUT2D eigenvalue weighted by Gasteiger charge is -2.03. The summed E-state index contributed by atoms with van der Waals surface area (Å²) in [6.45, 7) is 0. The van der Waals surface area contributed by atoms with Crippen molar-refractivity contribution in [1.29, 1.82) is 0 Å². The molecule has 80 valence electrons. The molecule has 2 aromatic rings. The van der Waals surface area contributed by atoms with E-state index in [1.165, 1.54) is 18.7 Å². The van der Waals surface area contributed by atoms with Crippen LogP contribution >= 0.6 is 0 Å². The molecule has 0 saturated carbocycles. The van der Waals surface area contributed by atoms with Crippen LogP contribution in [0.3, 0.4) is 0 Å². The van der Waals surface area contributed by atoms with Gasteiger partial charge in [0.1, 0.15) is 12.1 Å². The monoisotopic (exact) mass is 214 g/mol. The van der Waals surface area contributed by atoms with E-state index in [1.54, 1.807) is 0 Å². The second-order valence-corrected chi connectivity index (χ2v) is 3.28. The molecular formula is C11H12N5+. The maximum absolute atomic E-state index is 5.76. The van der Waals surface area contributed by atoms with Crippen LogP contribution in [-0.4, -0.2) is 16.2 Å². The van der Waals surface area contributed by atoms with Crippen molar-refractivity contribution in [2.24, 2.45) is 5.73 Å². The van der Waals surface area contributed by atoms with E-state index in [-0.39, 0.29) is 0 Å². The third-order valence-corrected chi connectivity index (χ3v) is 2.36. The van der Waals surface area contributed by atoms with E-state index in [4.69, 9.17) is 16.9 Å².